The molecule has 7 nitrogen and oxygen atoms in total. The number of nitrogens with zero attached hydrogens (tertiary/aromatic N) is 4. The van der Waals surface area contributed by atoms with Gasteiger partial charge in [0.2, 0.25) is 0 Å². The SMILES string of the molecule is N#Cc1cc(N[C@@H]2CCN(c3ncccc3F)C2)ccc1[N+](=O)[O-]. The molecule has 8 heteroatoms. The second-order valence-corrected chi connectivity index (χ2v) is 5.49. The van der Waals surface area contributed by atoms with Crippen LogP contribution in [0.4, 0.5) is 21.6 Å². The van der Waals surface area contributed by atoms with E-state index >= 15 is 0 Å². The van der Waals surface area contributed by atoms with E-state index in [1.807, 2.05) is 11.0 Å². The zero-order chi connectivity index (χ0) is 17.1. The lowest BCUT2D eigenvalue weighted by atomic mass is 10.1. The van der Waals surface area contributed by atoms with Crippen LogP contribution in [-0.2, 0) is 0 Å². The van der Waals surface area contributed by atoms with E-state index in [0.29, 0.717) is 24.6 Å². The van der Waals surface area contributed by atoms with Gasteiger partial charge >= 0.3 is 0 Å². The smallest absolute Gasteiger partial charge is 0.287 e. The van der Waals surface area contributed by atoms with Crippen LogP contribution in [0.1, 0.15) is 12.0 Å². The van der Waals surface area contributed by atoms with Gasteiger partial charge in [-0.15, -0.1) is 0 Å². The summed E-state index contributed by atoms with van der Waals surface area (Å²) >= 11 is 0. The number of nitrogens with one attached hydrogen (secondary N) is 1. The second-order valence-electron chi connectivity index (χ2n) is 5.49. The predicted molar refractivity (Wildman–Crippen MR) is 86.2 cm³/mol. The van der Waals surface area contributed by atoms with Crippen LogP contribution in [0.2, 0.25) is 0 Å². The molecule has 1 aliphatic rings. The first-order valence-corrected chi connectivity index (χ1v) is 7.39. The maximum atomic E-state index is 13.8. The second kappa shape index (κ2) is 6.50. The molecule has 1 atom stereocenters. The van der Waals surface area contributed by atoms with Crippen LogP contribution >= 0.6 is 0 Å². The standard InChI is InChI=1S/C16H14FN5O2/c17-14-2-1-6-19-16(14)21-7-5-13(10-21)20-12-3-4-15(22(23)24)11(8-12)9-18/h1-4,6,8,13,20H,5,7,10H2/t13-/m1/s1. The fraction of sp³-hybridized carbons (Fsp3) is 0.250. The lowest BCUT2D eigenvalue weighted by Gasteiger charge is -2.18. The Kier molecular flexibility index (Phi) is 4.24. The van der Waals surface area contributed by atoms with Gasteiger partial charge in [0, 0.05) is 37.1 Å². The number of hydrogen-bond donors (Lipinski definition) is 1. The van der Waals surface area contributed by atoms with Gasteiger partial charge < -0.3 is 10.2 Å². The van der Waals surface area contributed by atoms with Crippen molar-refractivity contribution in [1.82, 2.24) is 4.98 Å². The highest BCUT2D eigenvalue weighted by atomic mass is 19.1. The summed E-state index contributed by atoms with van der Waals surface area (Å²) in [5, 5.41) is 23.1. The van der Waals surface area contributed by atoms with Crippen molar-refractivity contribution < 1.29 is 9.31 Å². The Labute approximate surface area is 137 Å². The average molecular weight is 327 g/mol. The molecule has 2 aromatic rings. The molecule has 1 saturated heterocycles. The van der Waals surface area contributed by atoms with Gasteiger partial charge in [0.25, 0.3) is 5.69 Å². The summed E-state index contributed by atoms with van der Waals surface area (Å²) in [4.78, 5) is 16.2. The van der Waals surface area contributed by atoms with Crippen LogP contribution in [0.25, 0.3) is 0 Å². The van der Waals surface area contributed by atoms with Crippen molar-refractivity contribution in [1.29, 1.82) is 5.26 Å². The Morgan fingerprint density at radius 3 is 3.00 bits per heavy atom. The first-order chi connectivity index (χ1) is 11.6. The number of hydrogen-bond acceptors (Lipinski definition) is 6. The van der Waals surface area contributed by atoms with Crippen LogP contribution in [-0.4, -0.2) is 29.0 Å². The minimum absolute atomic E-state index is 0.00984. The largest absolute Gasteiger partial charge is 0.380 e. The lowest BCUT2D eigenvalue weighted by molar-refractivity contribution is -0.385. The van der Waals surface area contributed by atoms with Gasteiger partial charge in [-0.25, -0.2) is 9.37 Å². The molecule has 122 valence electrons. The molecule has 24 heavy (non-hydrogen) atoms. The molecule has 2 heterocycles. The molecule has 1 aliphatic heterocycles. The van der Waals surface area contributed by atoms with Gasteiger partial charge in [-0.05, 0) is 30.7 Å². The maximum absolute atomic E-state index is 13.8. The molecule has 1 aromatic heterocycles. The van der Waals surface area contributed by atoms with Gasteiger partial charge in [-0.3, -0.25) is 10.1 Å². The Morgan fingerprint density at radius 2 is 2.29 bits per heavy atom. The normalized spacial score (nSPS) is 16.7. The predicted octanol–water partition coefficient (Wildman–Crippen LogP) is 2.69. The number of aromatic nitrogens is 1. The molecule has 0 aliphatic carbocycles. The van der Waals surface area contributed by atoms with Crippen LogP contribution in [0.3, 0.4) is 0 Å². The van der Waals surface area contributed by atoms with Gasteiger partial charge in [-0.1, -0.05) is 0 Å². The van der Waals surface area contributed by atoms with Crippen molar-refractivity contribution in [3.8, 4) is 6.07 Å². The first kappa shape index (κ1) is 15.7. The summed E-state index contributed by atoms with van der Waals surface area (Å²) in [5.41, 5.74) is 0.424. The number of pyridine rings is 1. The number of halogens is 1. The van der Waals surface area contributed by atoms with Crippen molar-refractivity contribution in [2.45, 2.75) is 12.5 Å². The van der Waals surface area contributed by atoms with Crippen LogP contribution in [0.15, 0.2) is 36.5 Å². The fourth-order valence-corrected chi connectivity index (χ4v) is 2.79. The highest BCUT2D eigenvalue weighted by molar-refractivity contribution is 5.59. The highest BCUT2D eigenvalue weighted by Gasteiger charge is 2.25. The fourth-order valence-electron chi connectivity index (χ4n) is 2.79. The van der Waals surface area contributed by atoms with Crippen LogP contribution in [0.5, 0.6) is 0 Å². The highest BCUT2D eigenvalue weighted by Crippen LogP contribution is 2.25. The number of benzene rings is 1. The molecule has 1 aromatic carbocycles. The molecule has 3 rings (SSSR count). The summed E-state index contributed by atoms with van der Waals surface area (Å²) in [7, 11) is 0. The average Bonchev–Trinajstić information content (AvgIpc) is 3.03. The molecule has 0 spiro atoms. The molecular formula is C16H14FN5O2. The summed E-state index contributed by atoms with van der Waals surface area (Å²) in [5.74, 6) is -0.0385. The third-order valence-corrected chi connectivity index (χ3v) is 3.91. The Hall–Kier alpha value is -3.21. The summed E-state index contributed by atoms with van der Waals surface area (Å²) in [6, 6.07) is 9.14. The van der Waals surface area contributed by atoms with E-state index < -0.39 is 4.92 Å². The minimum atomic E-state index is -0.580. The molecule has 0 radical (unpaired) electrons. The monoisotopic (exact) mass is 327 g/mol. The third-order valence-electron chi connectivity index (χ3n) is 3.91. The van der Waals surface area contributed by atoms with E-state index in [1.54, 1.807) is 18.3 Å². The quantitative estimate of drug-likeness (QED) is 0.685. The Morgan fingerprint density at radius 1 is 1.46 bits per heavy atom. The van der Waals surface area contributed by atoms with Crippen molar-refractivity contribution in [2.24, 2.45) is 0 Å². The third kappa shape index (κ3) is 3.10. The lowest BCUT2D eigenvalue weighted by Crippen LogP contribution is -2.27. The topological polar surface area (TPSA) is 95.1 Å². The van der Waals surface area contributed by atoms with Gasteiger partial charge in [0.1, 0.15) is 11.6 Å². The van der Waals surface area contributed by atoms with E-state index in [2.05, 4.69) is 10.3 Å². The van der Waals surface area contributed by atoms with Gasteiger partial charge in [0.05, 0.1) is 4.92 Å². The van der Waals surface area contributed by atoms with E-state index in [1.165, 1.54) is 18.2 Å². The van der Waals surface area contributed by atoms with Crippen molar-refractivity contribution in [3.05, 3.63) is 58.0 Å². The Bertz CT molecular complexity index is 820. The van der Waals surface area contributed by atoms with Crippen LogP contribution in [0, 0.1) is 27.3 Å². The number of rotatable bonds is 4. The number of nitriles is 1. The molecule has 1 fully saturated rings. The Balaban J connectivity index is 1.71. The van der Waals surface area contributed by atoms with Crippen molar-refractivity contribution >= 4 is 17.2 Å². The summed E-state index contributed by atoms with van der Waals surface area (Å²) < 4.78 is 13.8. The van der Waals surface area contributed by atoms with E-state index in [0.717, 1.165) is 6.42 Å². The number of nitro benzene ring substituents is 1. The molecule has 0 amide bonds. The van der Waals surface area contributed by atoms with Crippen molar-refractivity contribution in [2.75, 3.05) is 23.3 Å². The van der Waals surface area contributed by atoms with E-state index in [4.69, 9.17) is 5.26 Å². The number of anilines is 2. The van der Waals surface area contributed by atoms with E-state index in [-0.39, 0.29) is 23.1 Å². The van der Waals surface area contributed by atoms with Gasteiger partial charge in [0.15, 0.2) is 11.6 Å². The molecule has 0 bridgehead atoms. The summed E-state index contributed by atoms with van der Waals surface area (Å²) in [6.07, 6.45) is 2.32. The molecular weight excluding hydrogens is 313 g/mol. The van der Waals surface area contributed by atoms with Crippen LogP contribution < -0.4 is 10.2 Å². The first-order valence-electron chi connectivity index (χ1n) is 7.39. The maximum Gasteiger partial charge on any atom is 0.287 e. The molecule has 0 saturated carbocycles. The van der Waals surface area contributed by atoms with E-state index in [9.17, 15) is 14.5 Å². The minimum Gasteiger partial charge on any atom is -0.380 e. The summed E-state index contributed by atoms with van der Waals surface area (Å²) in [6.45, 7) is 1.22. The van der Waals surface area contributed by atoms with Gasteiger partial charge in [-0.2, -0.15) is 5.26 Å². The van der Waals surface area contributed by atoms with Crippen molar-refractivity contribution in [3.63, 3.8) is 0 Å². The molecule has 1 N–H and O–H groups in total. The molecule has 0 unspecified atom stereocenters. The zero-order valence-corrected chi connectivity index (χ0v) is 12.6. The zero-order valence-electron chi connectivity index (χ0n) is 12.6. The number of nitro groups is 1.